The van der Waals surface area contributed by atoms with Crippen LogP contribution in [0.5, 0.6) is 0 Å². The predicted molar refractivity (Wildman–Crippen MR) is 87.3 cm³/mol. The van der Waals surface area contributed by atoms with E-state index in [-0.39, 0.29) is 10.7 Å². The van der Waals surface area contributed by atoms with E-state index < -0.39 is 0 Å². The van der Waals surface area contributed by atoms with Gasteiger partial charge in [0, 0.05) is 5.69 Å². The minimum atomic E-state index is -0.339. The molecule has 0 aliphatic carbocycles. The summed E-state index contributed by atoms with van der Waals surface area (Å²) in [4.78, 5) is 11.8. The molecule has 104 valence electrons. The van der Waals surface area contributed by atoms with Gasteiger partial charge in [-0.2, -0.15) is 0 Å². The molecular weight excluding hydrogens is 314 g/mol. The van der Waals surface area contributed by atoms with Crippen LogP contribution in [0.3, 0.4) is 0 Å². The van der Waals surface area contributed by atoms with Gasteiger partial charge < -0.3 is 5.32 Å². The molecule has 0 heterocycles. The zero-order chi connectivity index (χ0) is 14.5. The maximum absolute atomic E-state index is 12.2. The van der Waals surface area contributed by atoms with Crippen molar-refractivity contribution in [3.05, 3.63) is 65.7 Å². The molecule has 0 aliphatic heterocycles. The molecule has 0 aromatic heterocycles. The second-order valence-electron chi connectivity index (χ2n) is 5.04. The Hall–Kier alpha value is -1.61. The van der Waals surface area contributed by atoms with Crippen LogP contribution in [-0.2, 0) is 4.79 Å². The van der Waals surface area contributed by atoms with E-state index in [0.29, 0.717) is 5.92 Å². The highest BCUT2D eigenvalue weighted by Crippen LogP contribution is 2.24. The van der Waals surface area contributed by atoms with Crippen molar-refractivity contribution in [2.75, 3.05) is 5.32 Å². The fraction of sp³-hybridized carbons (Fsp3) is 0.235. The van der Waals surface area contributed by atoms with Gasteiger partial charge >= 0.3 is 0 Å². The van der Waals surface area contributed by atoms with E-state index in [1.54, 1.807) is 0 Å². The first-order valence-corrected chi connectivity index (χ1v) is 7.59. The van der Waals surface area contributed by atoms with Crippen molar-refractivity contribution < 1.29 is 4.79 Å². The number of carbonyl (C=O) groups is 1. The Labute approximate surface area is 128 Å². The predicted octanol–water partition coefficient (Wildman–Crippen LogP) is 4.88. The van der Waals surface area contributed by atoms with E-state index in [4.69, 9.17) is 0 Å². The summed E-state index contributed by atoms with van der Waals surface area (Å²) in [5.41, 5.74) is 3.03. The Balaban J connectivity index is 2.04. The molecule has 1 amide bonds. The number of alkyl halides is 1. The lowest BCUT2D eigenvalue weighted by atomic mass is 10.0. The van der Waals surface area contributed by atoms with Gasteiger partial charge in [-0.05, 0) is 29.2 Å². The normalized spacial score (nSPS) is 12.2. The third-order valence-electron chi connectivity index (χ3n) is 3.17. The number of hydrogen-bond donors (Lipinski definition) is 1. The second-order valence-corrected chi connectivity index (χ2v) is 5.95. The summed E-state index contributed by atoms with van der Waals surface area (Å²) in [6.45, 7) is 4.30. The standard InChI is InChI=1S/C17H18BrNO/c1-12(2)13-8-10-15(11-9-13)19-17(20)16(18)14-6-4-3-5-7-14/h3-12,16H,1-2H3,(H,19,20)/t16-/m1/s1. The SMILES string of the molecule is CC(C)c1ccc(NC(=O)[C@H](Br)c2ccccc2)cc1. The molecule has 3 heteroatoms. The molecule has 0 bridgehead atoms. The number of rotatable bonds is 4. The zero-order valence-electron chi connectivity index (χ0n) is 11.6. The molecule has 2 nitrogen and oxygen atoms in total. The van der Waals surface area contributed by atoms with Crippen molar-refractivity contribution in [1.82, 2.24) is 0 Å². The van der Waals surface area contributed by atoms with E-state index in [0.717, 1.165) is 11.3 Å². The van der Waals surface area contributed by atoms with Crippen molar-refractivity contribution in [3.63, 3.8) is 0 Å². The highest BCUT2D eigenvalue weighted by molar-refractivity contribution is 9.09. The van der Waals surface area contributed by atoms with Gasteiger partial charge in [-0.1, -0.05) is 72.2 Å². The molecule has 0 saturated carbocycles. The van der Waals surface area contributed by atoms with Crippen LogP contribution < -0.4 is 5.32 Å². The van der Waals surface area contributed by atoms with Crippen LogP contribution in [0.1, 0.15) is 35.7 Å². The summed E-state index contributed by atoms with van der Waals surface area (Å²) >= 11 is 3.43. The lowest BCUT2D eigenvalue weighted by Crippen LogP contribution is -2.16. The Kier molecular flexibility index (Phi) is 4.96. The van der Waals surface area contributed by atoms with Crippen LogP contribution in [0, 0.1) is 0 Å². The molecule has 1 N–H and O–H groups in total. The maximum Gasteiger partial charge on any atom is 0.242 e. The van der Waals surface area contributed by atoms with Crippen molar-refractivity contribution in [2.45, 2.75) is 24.6 Å². The van der Waals surface area contributed by atoms with E-state index >= 15 is 0 Å². The molecule has 0 aliphatic rings. The average Bonchev–Trinajstić information content (AvgIpc) is 2.48. The Morgan fingerprint density at radius 3 is 2.10 bits per heavy atom. The third-order valence-corrected chi connectivity index (χ3v) is 4.11. The van der Waals surface area contributed by atoms with Gasteiger partial charge in [-0.3, -0.25) is 4.79 Å². The molecule has 0 saturated heterocycles. The molecule has 20 heavy (non-hydrogen) atoms. The molecule has 2 aromatic rings. The van der Waals surface area contributed by atoms with Gasteiger partial charge in [0.05, 0.1) is 0 Å². The average molecular weight is 332 g/mol. The minimum Gasteiger partial charge on any atom is -0.325 e. The van der Waals surface area contributed by atoms with E-state index in [2.05, 4.69) is 35.1 Å². The van der Waals surface area contributed by atoms with Crippen molar-refractivity contribution >= 4 is 27.5 Å². The van der Waals surface area contributed by atoms with Crippen LogP contribution in [0.25, 0.3) is 0 Å². The van der Waals surface area contributed by atoms with E-state index in [1.165, 1.54) is 5.56 Å². The summed E-state index contributed by atoms with van der Waals surface area (Å²) in [7, 11) is 0. The highest BCUT2D eigenvalue weighted by atomic mass is 79.9. The summed E-state index contributed by atoms with van der Waals surface area (Å²) in [5.74, 6) is 0.432. The third kappa shape index (κ3) is 3.70. The first-order chi connectivity index (χ1) is 9.58. The number of anilines is 1. The van der Waals surface area contributed by atoms with Gasteiger partial charge in [-0.15, -0.1) is 0 Å². The van der Waals surface area contributed by atoms with Gasteiger partial charge in [0.15, 0.2) is 0 Å². The lowest BCUT2D eigenvalue weighted by molar-refractivity contribution is -0.115. The zero-order valence-corrected chi connectivity index (χ0v) is 13.2. The highest BCUT2D eigenvalue weighted by Gasteiger charge is 2.16. The molecule has 0 fully saturated rings. The van der Waals surface area contributed by atoms with Crippen LogP contribution in [-0.4, -0.2) is 5.91 Å². The largest absolute Gasteiger partial charge is 0.325 e. The molecule has 0 radical (unpaired) electrons. The summed E-state index contributed by atoms with van der Waals surface area (Å²) in [6, 6.07) is 17.6. The fourth-order valence-corrected chi connectivity index (χ4v) is 2.35. The van der Waals surface area contributed by atoms with Gasteiger partial charge in [0.2, 0.25) is 5.91 Å². The topological polar surface area (TPSA) is 29.1 Å². The summed E-state index contributed by atoms with van der Waals surface area (Å²) < 4.78 is 0. The molecular formula is C17H18BrNO. The van der Waals surface area contributed by atoms with E-state index in [1.807, 2.05) is 54.6 Å². The Morgan fingerprint density at radius 2 is 1.55 bits per heavy atom. The minimum absolute atomic E-state index is 0.0616. The van der Waals surface area contributed by atoms with Gasteiger partial charge in [0.25, 0.3) is 0 Å². The van der Waals surface area contributed by atoms with Gasteiger partial charge in [0.1, 0.15) is 4.83 Å². The monoisotopic (exact) mass is 331 g/mol. The number of amides is 1. The first kappa shape index (κ1) is 14.8. The fourth-order valence-electron chi connectivity index (χ4n) is 1.93. The van der Waals surface area contributed by atoms with Crippen LogP contribution >= 0.6 is 15.9 Å². The van der Waals surface area contributed by atoms with Crippen LogP contribution in [0.15, 0.2) is 54.6 Å². The number of benzene rings is 2. The molecule has 0 unspecified atom stereocenters. The van der Waals surface area contributed by atoms with Crippen molar-refractivity contribution in [1.29, 1.82) is 0 Å². The number of hydrogen-bond acceptors (Lipinski definition) is 1. The maximum atomic E-state index is 12.2. The van der Waals surface area contributed by atoms with Crippen LogP contribution in [0.2, 0.25) is 0 Å². The van der Waals surface area contributed by atoms with Gasteiger partial charge in [-0.25, -0.2) is 0 Å². The van der Waals surface area contributed by atoms with E-state index in [9.17, 15) is 4.79 Å². The Morgan fingerprint density at radius 1 is 0.950 bits per heavy atom. The smallest absolute Gasteiger partial charge is 0.242 e. The summed E-state index contributed by atoms with van der Waals surface area (Å²) in [6.07, 6.45) is 0. The Bertz CT molecular complexity index is 563. The lowest BCUT2D eigenvalue weighted by Gasteiger charge is -2.12. The molecule has 2 rings (SSSR count). The number of halogens is 1. The van der Waals surface area contributed by atoms with Crippen LogP contribution in [0.4, 0.5) is 5.69 Å². The summed E-state index contributed by atoms with van der Waals surface area (Å²) in [5, 5.41) is 2.92. The molecule has 0 spiro atoms. The van der Waals surface area contributed by atoms with Crippen molar-refractivity contribution in [3.8, 4) is 0 Å². The first-order valence-electron chi connectivity index (χ1n) is 6.68. The molecule has 1 atom stereocenters. The second kappa shape index (κ2) is 6.71. The quantitative estimate of drug-likeness (QED) is 0.794. The van der Waals surface area contributed by atoms with Crippen molar-refractivity contribution in [2.24, 2.45) is 0 Å². The molecule has 2 aromatic carbocycles. The number of carbonyl (C=O) groups excluding carboxylic acids is 1. The number of nitrogens with one attached hydrogen (secondary N) is 1.